The summed E-state index contributed by atoms with van der Waals surface area (Å²) >= 11 is 0. The summed E-state index contributed by atoms with van der Waals surface area (Å²) in [5.74, 6) is 0. The van der Waals surface area contributed by atoms with Crippen LogP contribution in [0.4, 0.5) is 0 Å². The zero-order chi connectivity index (χ0) is 17.5. The molecule has 2 rings (SSSR count). The van der Waals surface area contributed by atoms with Gasteiger partial charge in [0, 0.05) is 0 Å². The number of ether oxygens (including phenoxy) is 1. The van der Waals surface area contributed by atoms with Crippen molar-refractivity contribution in [3.63, 3.8) is 0 Å². The summed E-state index contributed by atoms with van der Waals surface area (Å²) in [6.07, 6.45) is 0. The van der Waals surface area contributed by atoms with Gasteiger partial charge in [-0.2, -0.15) is 0 Å². The highest BCUT2D eigenvalue weighted by atomic mass is 32.2. The predicted octanol–water partition coefficient (Wildman–Crippen LogP) is 1.15. The molecule has 0 bridgehead atoms. The zero-order valence-electron chi connectivity index (χ0n) is 14.5. The van der Waals surface area contributed by atoms with Crippen LogP contribution in [0, 0.1) is 0 Å². The van der Waals surface area contributed by atoms with Crippen LogP contribution in [0.1, 0.15) is 19.4 Å². The smallest absolute Gasteiger partial charge is 0.214 e. The third-order valence-corrected chi connectivity index (χ3v) is 8.28. The first kappa shape index (κ1) is 18.6. The molecule has 1 aliphatic heterocycles. The van der Waals surface area contributed by atoms with Gasteiger partial charge >= 0.3 is 0 Å². The molecule has 5 nitrogen and oxygen atoms in total. The molecular formula is C16H27NO4SSi. The molecule has 130 valence electrons. The van der Waals surface area contributed by atoms with Crippen LogP contribution in [0.3, 0.4) is 0 Å². The largest absolute Gasteiger partial charge is 0.381 e. The Morgan fingerprint density at radius 1 is 1.26 bits per heavy atom. The van der Waals surface area contributed by atoms with Gasteiger partial charge in [-0.15, -0.1) is 0 Å². The fourth-order valence-electron chi connectivity index (χ4n) is 2.58. The molecule has 1 aromatic rings. The molecule has 1 aromatic carbocycles. The first-order valence-electron chi connectivity index (χ1n) is 7.89. The van der Waals surface area contributed by atoms with Crippen LogP contribution in [0.15, 0.2) is 24.3 Å². The normalized spacial score (nSPS) is 26.0. The van der Waals surface area contributed by atoms with E-state index in [1.165, 1.54) is 5.19 Å². The van der Waals surface area contributed by atoms with Crippen molar-refractivity contribution < 1.29 is 18.3 Å². The highest BCUT2D eigenvalue weighted by Crippen LogP contribution is 2.31. The van der Waals surface area contributed by atoms with E-state index in [1.54, 1.807) is 13.8 Å². The monoisotopic (exact) mass is 357 g/mol. The van der Waals surface area contributed by atoms with Crippen molar-refractivity contribution in [2.24, 2.45) is 0 Å². The molecule has 0 aliphatic carbocycles. The molecule has 1 fully saturated rings. The summed E-state index contributed by atoms with van der Waals surface area (Å²) in [5, 5.41) is 11.8. The lowest BCUT2D eigenvalue weighted by Gasteiger charge is -2.30. The summed E-state index contributed by atoms with van der Waals surface area (Å²) < 4.78 is 32.2. The molecule has 2 N–H and O–H groups in total. The van der Waals surface area contributed by atoms with Crippen molar-refractivity contribution in [2.45, 2.75) is 50.4 Å². The van der Waals surface area contributed by atoms with Crippen molar-refractivity contribution in [3.8, 4) is 0 Å². The molecule has 1 aliphatic rings. The van der Waals surface area contributed by atoms with E-state index in [1.807, 2.05) is 24.3 Å². The van der Waals surface area contributed by atoms with E-state index in [2.05, 4.69) is 24.4 Å². The van der Waals surface area contributed by atoms with Gasteiger partial charge in [0.15, 0.2) is 0 Å². The number of rotatable bonds is 5. The van der Waals surface area contributed by atoms with E-state index in [0.717, 1.165) is 0 Å². The second kappa shape index (κ2) is 6.29. The average molecular weight is 358 g/mol. The van der Waals surface area contributed by atoms with Gasteiger partial charge in [-0.05, 0) is 19.4 Å². The van der Waals surface area contributed by atoms with Crippen molar-refractivity contribution in [2.75, 3.05) is 13.2 Å². The Morgan fingerprint density at radius 3 is 2.30 bits per heavy atom. The molecule has 2 atom stereocenters. The minimum Gasteiger partial charge on any atom is -0.381 e. The Kier molecular flexibility index (Phi) is 5.09. The second-order valence-corrected chi connectivity index (χ2v) is 14.9. The topological polar surface area (TPSA) is 75.6 Å². The fraction of sp³-hybridized carbons (Fsp3) is 0.625. The molecule has 0 amide bonds. The first-order chi connectivity index (χ1) is 10.5. The highest BCUT2D eigenvalue weighted by Gasteiger charge is 2.46. The van der Waals surface area contributed by atoms with Crippen LogP contribution in [-0.2, 0) is 20.4 Å². The van der Waals surface area contributed by atoms with Gasteiger partial charge in [0.1, 0.15) is 5.60 Å². The van der Waals surface area contributed by atoms with Gasteiger partial charge in [0.05, 0.1) is 32.6 Å². The molecule has 23 heavy (non-hydrogen) atoms. The summed E-state index contributed by atoms with van der Waals surface area (Å²) in [5.41, 5.74) is -0.645. The van der Waals surface area contributed by atoms with E-state index in [0.29, 0.717) is 5.56 Å². The lowest BCUT2D eigenvalue weighted by Crippen LogP contribution is -2.51. The average Bonchev–Trinajstić information content (AvgIpc) is 2.80. The molecule has 0 aromatic heterocycles. The van der Waals surface area contributed by atoms with Gasteiger partial charge < -0.3 is 9.84 Å². The quantitative estimate of drug-likeness (QED) is 0.775. The maximum absolute atomic E-state index is 12.1. The molecule has 7 heteroatoms. The standard InChI is InChI=1S/C16H27NO4SSi/c1-12(2)22(19,20)17-15-10-21-11-16(15,18)13-6-8-14(9-7-13)23(3,4)5/h6-9,12,15,17-18H,10-11H2,1-5H3. The van der Waals surface area contributed by atoms with Crippen molar-refractivity contribution in [1.82, 2.24) is 4.72 Å². The minimum absolute atomic E-state index is 0.0879. The second-order valence-electron chi connectivity index (χ2n) is 7.53. The van der Waals surface area contributed by atoms with E-state index < -0.39 is 35.0 Å². The Labute approximate surface area is 140 Å². The summed E-state index contributed by atoms with van der Waals surface area (Å²) in [6, 6.07) is 7.17. The Hall–Kier alpha value is -0.733. The molecule has 1 saturated heterocycles. The molecule has 0 saturated carbocycles. The number of hydrogen-bond donors (Lipinski definition) is 2. The van der Waals surface area contributed by atoms with Crippen molar-refractivity contribution in [1.29, 1.82) is 0 Å². The van der Waals surface area contributed by atoms with Gasteiger partial charge in [-0.3, -0.25) is 0 Å². The molecular weight excluding hydrogens is 330 g/mol. The van der Waals surface area contributed by atoms with Gasteiger partial charge in [0.2, 0.25) is 10.0 Å². The maximum atomic E-state index is 12.1. The number of sulfonamides is 1. The third-order valence-electron chi connectivity index (χ3n) is 4.36. The molecule has 0 radical (unpaired) electrons. The summed E-state index contributed by atoms with van der Waals surface area (Å²) in [4.78, 5) is 0. The fourth-order valence-corrected chi connectivity index (χ4v) is 4.68. The first-order valence-corrected chi connectivity index (χ1v) is 12.9. The van der Waals surface area contributed by atoms with E-state index in [9.17, 15) is 13.5 Å². The Balaban J connectivity index is 2.29. The zero-order valence-corrected chi connectivity index (χ0v) is 16.3. The van der Waals surface area contributed by atoms with E-state index in [4.69, 9.17) is 4.74 Å². The maximum Gasteiger partial charge on any atom is 0.214 e. The lowest BCUT2D eigenvalue weighted by atomic mass is 9.90. The van der Waals surface area contributed by atoms with E-state index in [-0.39, 0.29) is 13.2 Å². The number of aliphatic hydroxyl groups is 1. The number of nitrogens with one attached hydrogen (secondary N) is 1. The van der Waals surface area contributed by atoms with E-state index >= 15 is 0 Å². The Bertz CT molecular complexity index is 652. The molecule has 1 heterocycles. The third kappa shape index (κ3) is 3.85. The van der Waals surface area contributed by atoms with Gasteiger partial charge in [-0.25, -0.2) is 13.1 Å². The van der Waals surface area contributed by atoms with Gasteiger partial charge in [-0.1, -0.05) is 49.1 Å². The van der Waals surface area contributed by atoms with Crippen LogP contribution in [-0.4, -0.2) is 46.1 Å². The lowest BCUT2D eigenvalue weighted by molar-refractivity contribution is 0.0121. The molecule has 2 unspecified atom stereocenters. The van der Waals surface area contributed by atoms with Crippen LogP contribution >= 0.6 is 0 Å². The number of benzene rings is 1. The minimum atomic E-state index is -3.48. The SMILES string of the molecule is CC(C)S(=O)(=O)NC1COCC1(O)c1ccc([Si](C)(C)C)cc1. The van der Waals surface area contributed by atoms with Crippen LogP contribution in [0.2, 0.25) is 19.6 Å². The Morgan fingerprint density at radius 2 is 1.83 bits per heavy atom. The van der Waals surface area contributed by atoms with Gasteiger partial charge in [0.25, 0.3) is 0 Å². The number of hydrogen-bond acceptors (Lipinski definition) is 4. The predicted molar refractivity (Wildman–Crippen MR) is 95.1 cm³/mol. The highest BCUT2D eigenvalue weighted by molar-refractivity contribution is 7.90. The summed E-state index contributed by atoms with van der Waals surface area (Å²) in [7, 11) is -4.89. The van der Waals surface area contributed by atoms with Crippen LogP contribution in [0.5, 0.6) is 0 Å². The summed E-state index contributed by atoms with van der Waals surface area (Å²) in [6.45, 7) is 10.3. The molecule has 0 spiro atoms. The van der Waals surface area contributed by atoms with Crippen molar-refractivity contribution >= 4 is 23.3 Å². The van der Waals surface area contributed by atoms with Crippen LogP contribution in [0.25, 0.3) is 0 Å². The van der Waals surface area contributed by atoms with Crippen LogP contribution < -0.4 is 9.91 Å². The van der Waals surface area contributed by atoms with Crippen molar-refractivity contribution in [3.05, 3.63) is 29.8 Å².